The number of hydrogen-bond acceptors (Lipinski definition) is 3. The average Bonchev–Trinajstić information content (AvgIpc) is 2.20. The van der Waals surface area contributed by atoms with E-state index in [0.29, 0.717) is 6.61 Å². The molecule has 0 atom stereocenters. The fraction of sp³-hybridized carbons (Fsp3) is 0.364. The number of esters is 1. The molecule has 0 unspecified atom stereocenters. The van der Waals surface area contributed by atoms with Gasteiger partial charge in [0, 0.05) is 10.2 Å². The summed E-state index contributed by atoms with van der Waals surface area (Å²) in [6.07, 6.45) is 0. The molecule has 1 N–H and O–H groups in total. The molecule has 1 aromatic carbocycles. The van der Waals surface area contributed by atoms with E-state index in [9.17, 15) is 4.79 Å². The smallest absolute Gasteiger partial charge is 0.325 e. The number of aryl methyl sites for hydroxylation is 1. The van der Waals surface area contributed by atoms with E-state index in [1.165, 1.54) is 0 Å². The van der Waals surface area contributed by atoms with E-state index in [-0.39, 0.29) is 12.5 Å². The maximum absolute atomic E-state index is 11.1. The van der Waals surface area contributed by atoms with Gasteiger partial charge in [0.05, 0.1) is 6.61 Å². The van der Waals surface area contributed by atoms with Gasteiger partial charge in [0.15, 0.2) is 0 Å². The van der Waals surface area contributed by atoms with Crippen LogP contribution in [0.15, 0.2) is 22.7 Å². The van der Waals surface area contributed by atoms with Crippen LogP contribution in [0.1, 0.15) is 12.5 Å². The van der Waals surface area contributed by atoms with Gasteiger partial charge in [0.25, 0.3) is 0 Å². The van der Waals surface area contributed by atoms with Gasteiger partial charge in [0.2, 0.25) is 0 Å². The van der Waals surface area contributed by atoms with Crippen molar-refractivity contribution in [2.75, 3.05) is 18.5 Å². The number of carbonyl (C=O) groups excluding carboxylic acids is 1. The quantitative estimate of drug-likeness (QED) is 0.856. The van der Waals surface area contributed by atoms with Crippen LogP contribution in [0.4, 0.5) is 5.69 Å². The summed E-state index contributed by atoms with van der Waals surface area (Å²) >= 11 is 3.41. The first-order chi connectivity index (χ1) is 7.13. The van der Waals surface area contributed by atoms with Crippen molar-refractivity contribution in [3.63, 3.8) is 0 Å². The zero-order valence-electron chi connectivity index (χ0n) is 8.84. The molecule has 0 spiro atoms. The highest BCUT2D eigenvalue weighted by atomic mass is 79.9. The van der Waals surface area contributed by atoms with Crippen molar-refractivity contribution in [3.05, 3.63) is 28.2 Å². The minimum atomic E-state index is -0.238. The minimum Gasteiger partial charge on any atom is -0.465 e. The molecular weight excluding hydrogens is 258 g/mol. The molecule has 0 fully saturated rings. The second-order valence-corrected chi connectivity index (χ2v) is 3.98. The third kappa shape index (κ3) is 3.91. The predicted octanol–water partition coefficient (Wildman–Crippen LogP) is 2.73. The number of benzene rings is 1. The third-order valence-electron chi connectivity index (χ3n) is 1.90. The second kappa shape index (κ2) is 5.75. The molecule has 0 aliphatic rings. The molecule has 0 saturated heterocycles. The highest BCUT2D eigenvalue weighted by Crippen LogP contribution is 2.19. The van der Waals surface area contributed by atoms with Crippen LogP contribution in [0.3, 0.4) is 0 Å². The Morgan fingerprint density at radius 3 is 2.87 bits per heavy atom. The van der Waals surface area contributed by atoms with Gasteiger partial charge in [-0.3, -0.25) is 4.79 Å². The summed E-state index contributed by atoms with van der Waals surface area (Å²) in [7, 11) is 0. The van der Waals surface area contributed by atoms with Crippen LogP contribution in [0.5, 0.6) is 0 Å². The molecule has 3 nitrogen and oxygen atoms in total. The Hall–Kier alpha value is -1.03. The number of carbonyl (C=O) groups is 1. The highest BCUT2D eigenvalue weighted by Gasteiger charge is 2.01. The van der Waals surface area contributed by atoms with Crippen LogP contribution in [-0.4, -0.2) is 19.1 Å². The molecule has 0 aliphatic carbocycles. The molecule has 1 rings (SSSR count). The molecule has 0 amide bonds. The van der Waals surface area contributed by atoms with Gasteiger partial charge in [-0.1, -0.05) is 15.9 Å². The number of ether oxygens (including phenoxy) is 1. The van der Waals surface area contributed by atoms with Crippen LogP contribution in [-0.2, 0) is 9.53 Å². The molecule has 15 heavy (non-hydrogen) atoms. The summed E-state index contributed by atoms with van der Waals surface area (Å²) < 4.78 is 5.87. The zero-order valence-corrected chi connectivity index (χ0v) is 10.4. The van der Waals surface area contributed by atoms with Crippen LogP contribution in [0, 0.1) is 6.92 Å². The van der Waals surface area contributed by atoms with Crippen molar-refractivity contribution in [1.82, 2.24) is 0 Å². The molecule has 0 saturated carbocycles. The molecule has 0 aliphatic heterocycles. The van der Waals surface area contributed by atoms with E-state index in [0.717, 1.165) is 15.7 Å². The van der Waals surface area contributed by atoms with Gasteiger partial charge in [-0.05, 0) is 37.6 Å². The molecule has 82 valence electrons. The Labute approximate surface area is 97.9 Å². The molecule has 0 bridgehead atoms. The predicted molar refractivity (Wildman–Crippen MR) is 64.0 cm³/mol. The normalized spacial score (nSPS) is 9.80. The van der Waals surface area contributed by atoms with Crippen molar-refractivity contribution >= 4 is 27.6 Å². The fourth-order valence-corrected chi connectivity index (χ4v) is 1.39. The second-order valence-electron chi connectivity index (χ2n) is 3.12. The standard InChI is InChI=1S/C11H14BrNO2/c1-3-15-11(14)7-13-9-4-5-10(12)8(2)6-9/h4-6,13H,3,7H2,1-2H3. The maximum Gasteiger partial charge on any atom is 0.325 e. The number of anilines is 1. The Morgan fingerprint density at radius 2 is 2.27 bits per heavy atom. The first kappa shape index (κ1) is 12.0. The first-order valence-electron chi connectivity index (χ1n) is 4.79. The number of nitrogens with one attached hydrogen (secondary N) is 1. The van der Waals surface area contributed by atoms with Gasteiger partial charge in [0.1, 0.15) is 6.54 Å². The van der Waals surface area contributed by atoms with Crippen molar-refractivity contribution in [2.45, 2.75) is 13.8 Å². The van der Waals surface area contributed by atoms with Crippen LogP contribution >= 0.6 is 15.9 Å². The molecule has 0 radical (unpaired) electrons. The van der Waals surface area contributed by atoms with E-state index in [4.69, 9.17) is 4.74 Å². The molecule has 1 aromatic rings. The molecular formula is C11H14BrNO2. The van der Waals surface area contributed by atoms with E-state index in [1.807, 2.05) is 25.1 Å². The Morgan fingerprint density at radius 1 is 1.53 bits per heavy atom. The zero-order chi connectivity index (χ0) is 11.3. The lowest BCUT2D eigenvalue weighted by Gasteiger charge is -2.07. The molecule has 0 aromatic heterocycles. The van der Waals surface area contributed by atoms with Gasteiger partial charge < -0.3 is 10.1 Å². The summed E-state index contributed by atoms with van der Waals surface area (Å²) in [5.74, 6) is -0.238. The number of hydrogen-bond donors (Lipinski definition) is 1. The summed E-state index contributed by atoms with van der Waals surface area (Å²) in [6, 6.07) is 5.84. The summed E-state index contributed by atoms with van der Waals surface area (Å²) in [6.45, 7) is 4.41. The Balaban J connectivity index is 2.51. The lowest BCUT2D eigenvalue weighted by atomic mass is 10.2. The highest BCUT2D eigenvalue weighted by molar-refractivity contribution is 9.10. The van der Waals surface area contributed by atoms with Crippen LogP contribution in [0.2, 0.25) is 0 Å². The Bertz CT molecular complexity index is 352. The molecule has 0 heterocycles. The molecule has 4 heteroatoms. The Kier molecular flexibility index (Phi) is 4.62. The van der Waals surface area contributed by atoms with Crippen LogP contribution < -0.4 is 5.32 Å². The van der Waals surface area contributed by atoms with Crippen molar-refractivity contribution in [1.29, 1.82) is 0 Å². The third-order valence-corrected chi connectivity index (χ3v) is 2.79. The minimum absolute atomic E-state index is 0.203. The fourth-order valence-electron chi connectivity index (χ4n) is 1.14. The number of rotatable bonds is 4. The van der Waals surface area contributed by atoms with Gasteiger partial charge in [-0.25, -0.2) is 0 Å². The number of halogens is 1. The van der Waals surface area contributed by atoms with Crippen molar-refractivity contribution < 1.29 is 9.53 Å². The lowest BCUT2D eigenvalue weighted by molar-refractivity contribution is -0.140. The summed E-state index contributed by atoms with van der Waals surface area (Å²) in [5, 5.41) is 3.00. The SMILES string of the molecule is CCOC(=O)CNc1ccc(Br)c(C)c1. The maximum atomic E-state index is 11.1. The van der Waals surface area contributed by atoms with E-state index in [1.54, 1.807) is 6.92 Å². The first-order valence-corrected chi connectivity index (χ1v) is 5.58. The van der Waals surface area contributed by atoms with E-state index in [2.05, 4.69) is 21.2 Å². The summed E-state index contributed by atoms with van der Waals surface area (Å²) in [4.78, 5) is 11.1. The topological polar surface area (TPSA) is 38.3 Å². The van der Waals surface area contributed by atoms with Gasteiger partial charge in [-0.15, -0.1) is 0 Å². The summed E-state index contributed by atoms with van der Waals surface area (Å²) in [5.41, 5.74) is 2.05. The monoisotopic (exact) mass is 271 g/mol. The average molecular weight is 272 g/mol. The van der Waals surface area contributed by atoms with E-state index < -0.39 is 0 Å². The van der Waals surface area contributed by atoms with E-state index >= 15 is 0 Å². The van der Waals surface area contributed by atoms with Crippen molar-refractivity contribution in [2.24, 2.45) is 0 Å². The van der Waals surface area contributed by atoms with Crippen molar-refractivity contribution in [3.8, 4) is 0 Å². The lowest BCUT2D eigenvalue weighted by Crippen LogP contribution is -2.16. The van der Waals surface area contributed by atoms with Gasteiger partial charge >= 0.3 is 5.97 Å². The van der Waals surface area contributed by atoms with Crippen LogP contribution in [0.25, 0.3) is 0 Å². The largest absolute Gasteiger partial charge is 0.465 e. The van der Waals surface area contributed by atoms with Gasteiger partial charge in [-0.2, -0.15) is 0 Å².